The van der Waals surface area contributed by atoms with Crippen molar-refractivity contribution in [2.45, 2.75) is 83.5 Å². The molecule has 2 aromatic carbocycles. The van der Waals surface area contributed by atoms with E-state index in [2.05, 4.69) is 56.3 Å². The van der Waals surface area contributed by atoms with Gasteiger partial charge in [-0.05, 0) is 69.6 Å². The molecule has 6 aliphatic rings. The van der Waals surface area contributed by atoms with Crippen molar-refractivity contribution >= 4 is 10.8 Å². The molecule has 4 unspecified atom stereocenters. The summed E-state index contributed by atoms with van der Waals surface area (Å²) in [6.07, 6.45) is 14.7. The molecule has 2 aromatic rings. The molecule has 158 valence electrons. The lowest BCUT2D eigenvalue weighted by Crippen LogP contribution is -3.15. The molecular weight excluding hydrogens is 360 g/mol. The summed E-state index contributed by atoms with van der Waals surface area (Å²) in [7, 11) is 0. The molecule has 0 spiro atoms. The summed E-state index contributed by atoms with van der Waals surface area (Å²) >= 11 is 0. The van der Waals surface area contributed by atoms with E-state index < -0.39 is 0 Å². The predicted octanol–water partition coefficient (Wildman–Crippen LogP) is 8.14. The van der Waals surface area contributed by atoms with Crippen molar-refractivity contribution in [1.82, 2.24) is 0 Å². The predicted molar refractivity (Wildman–Crippen MR) is 125 cm³/mol. The molecule has 0 nitrogen and oxygen atoms in total. The van der Waals surface area contributed by atoms with E-state index in [1.807, 2.05) is 0 Å². The summed E-state index contributed by atoms with van der Waals surface area (Å²) in [4.78, 5) is 0. The first-order valence-corrected chi connectivity index (χ1v) is 13.3. The van der Waals surface area contributed by atoms with Crippen LogP contribution in [0.1, 0.15) is 83.6 Å². The van der Waals surface area contributed by atoms with Gasteiger partial charge in [-0.15, -0.1) is 0 Å². The topological polar surface area (TPSA) is 0 Å². The second-order valence-corrected chi connectivity index (χ2v) is 11.7. The maximum atomic E-state index is 2.62. The number of benzene rings is 2. The molecule has 6 aliphatic carbocycles. The van der Waals surface area contributed by atoms with Crippen LogP contribution in [0, 0.1) is 40.4 Å². The normalized spacial score (nSPS) is 45.1. The van der Waals surface area contributed by atoms with E-state index in [0.29, 0.717) is 5.41 Å². The fourth-order valence-electron chi connectivity index (χ4n) is 10.9. The van der Waals surface area contributed by atoms with Gasteiger partial charge in [0.1, 0.15) is 0 Å². The molecule has 30 heavy (non-hydrogen) atoms. The molecule has 0 aliphatic heterocycles. The summed E-state index contributed by atoms with van der Waals surface area (Å²) < 4.78 is 0. The minimum atomic E-state index is 0.609. The van der Waals surface area contributed by atoms with Crippen molar-refractivity contribution in [1.29, 1.82) is 0 Å². The third kappa shape index (κ3) is 1.58. The molecule has 6 saturated carbocycles. The smallest absolute Gasteiger partial charge is 0.00886 e. The molecular formula is C30H38. The van der Waals surface area contributed by atoms with E-state index in [4.69, 9.17) is 0 Å². The molecule has 0 radical (unpaired) electrons. The first-order chi connectivity index (χ1) is 14.8. The van der Waals surface area contributed by atoms with E-state index >= 15 is 0 Å². The van der Waals surface area contributed by atoms with Crippen LogP contribution in [0.2, 0.25) is 0 Å². The van der Waals surface area contributed by atoms with Crippen molar-refractivity contribution in [3.63, 3.8) is 0 Å². The monoisotopic (exact) mass is 398 g/mol. The van der Waals surface area contributed by atoms with Gasteiger partial charge in [0.05, 0.1) is 0 Å². The molecule has 6 fully saturated rings. The van der Waals surface area contributed by atoms with Gasteiger partial charge in [0.25, 0.3) is 0 Å². The van der Waals surface area contributed by atoms with Crippen molar-refractivity contribution in [2.75, 3.05) is 0 Å². The van der Waals surface area contributed by atoms with Gasteiger partial charge < -0.3 is 0 Å². The van der Waals surface area contributed by atoms with Crippen LogP contribution < -0.4 is 0 Å². The van der Waals surface area contributed by atoms with Gasteiger partial charge in [0.15, 0.2) is 0 Å². The second kappa shape index (κ2) is 5.93. The molecule has 0 amide bonds. The largest absolute Gasteiger partial charge is 0.0654 e. The summed E-state index contributed by atoms with van der Waals surface area (Å²) in [5, 5.41) is 2.89. The van der Waals surface area contributed by atoms with Gasteiger partial charge >= 0.3 is 0 Å². The third-order valence-corrected chi connectivity index (χ3v) is 11.3. The quantitative estimate of drug-likeness (QED) is 0.335. The molecule has 0 bridgehead atoms. The summed E-state index contributed by atoms with van der Waals surface area (Å²) in [5.74, 6) is 5.57. The van der Waals surface area contributed by atoms with Crippen LogP contribution in [0.15, 0.2) is 42.5 Å². The van der Waals surface area contributed by atoms with Crippen LogP contribution in [0.25, 0.3) is 10.8 Å². The number of unbranched alkanes of at least 4 members (excludes halogenated alkanes) is 6. The van der Waals surface area contributed by atoms with Gasteiger partial charge in [0.2, 0.25) is 0 Å². The molecule has 0 heteroatoms. The summed E-state index contributed by atoms with van der Waals surface area (Å²) in [5.41, 5.74) is 3.92. The second-order valence-electron chi connectivity index (χ2n) is 11.7. The fourth-order valence-corrected chi connectivity index (χ4v) is 10.9. The van der Waals surface area contributed by atoms with Gasteiger partial charge in [-0.2, -0.15) is 0 Å². The van der Waals surface area contributed by atoms with Crippen LogP contribution >= 0.6 is 0 Å². The van der Waals surface area contributed by atoms with E-state index in [-0.39, 0.29) is 0 Å². The molecule has 4 atom stereocenters. The van der Waals surface area contributed by atoms with Gasteiger partial charge in [0, 0.05) is 5.41 Å². The Bertz CT molecular complexity index is 978. The number of hydrogen-bond acceptors (Lipinski definition) is 0. The lowest BCUT2D eigenvalue weighted by Gasteiger charge is -3.16. The van der Waals surface area contributed by atoms with Crippen LogP contribution in [0.5, 0.6) is 0 Å². The van der Waals surface area contributed by atoms with Gasteiger partial charge in [-0.1, -0.05) is 108 Å². The minimum Gasteiger partial charge on any atom is -0.0654 e. The van der Waals surface area contributed by atoms with E-state index in [0.717, 1.165) is 34.5 Å². The maximum absolute atomic E-state index is 2.62. The summed E-state index contributed by atoms with van der Waals surface area (Å²) in [6, 6.07) is 16.7. The zero-order valence-corrected chi connectivity index (χ0v) is 19.0. The van der Waals surface area contributed by atoms with Crippen molar-refractivity contribution in [3.05, 3.63) is 48.0 Å². The molecule has 8 rings (SSSR count). The molecule has 0 heterocycles. The SMILES string of the molecule is CCCCCCC12C3C4C1C1(c5ccc6ccccc6c5)C2C3C41CCCCCC. The molecule has 0 saturated heterocycles. The van der Waals surface area contributed by atoms with Gasteiger partial charge in [-0.3, -0.25) is 0 Å². The number of fused-ring (bicyclic) bond motifs is 1. The van der Waals surface area contributed by atoms with Crippen molar-refractivity contribution in [3.8, 4) is 0 Å². The first-order valence-electron chi connectivity index (χ1n) is 13.3. The maximum Gasteiger partial charge on any atom is 0.00886 e. The third-order valence-electron chi connectivity index (χ3n) is 11.3. The Labute approximate surface area is 182 Å². The highest BCUT2D eigenvalue weighted by Gasteiger charge is 3.13. The molecule has 0 aromatic heterocycles. The fraction of sp³-hybridized carbons (Fsp3) is 0.667. The van der Waals surface area contributed by atoms with Crippen LogP contribution in [-0.4, -0.2) is 0 Å². The highest BCUT2D eigenvalue weighted by molar-refractivity contribution is 5.84. The Balaban J connectivity index is 1.20. The van der Waals surface area contributed by atoms with Crippen molar-refractivity contribution in [2.24, 2.45) is 40.4 Å². The zero-order chi connectivity index (χ0) is 20.1. The van der Waals surface area contributed by atoms with Crippen LogP contribution in [-0.2, 0) is 5.41 Å². The lowest BCUT2D eigenvalue weighted by atomic mass is 8.87. The first kappa shape index (κ1) is 18.3. The average molecular weight is 399 g/mol. The van der Waals surface area contributed by atoms with Gasteiger partial charge in [-0.25, -0.2) is 0 Å². The highest BCUT2D eigenvalue weighted by atomic mass is 15.2. The van der Waals surface area contributed by atoms with E-state index in [1.54, 1.807) is 18.4 Å². The van der Waals surface area contributed by atoms with Crippen LogP contribution in [0.3, 0.4) is 0 Å². The Morgan fingerprint density at radius 3 is 2.03 bits per heavy atom. The lowest BCUT2D eigenvalue weighted by molar-refractivity contribution is -0.674. The van der Waals surface area contributed by atoms with E-state index in [1.165, 1.54) is 68.1 Å². The van der Waals surface area contributed by atoms with Crippen LogP contribution in [0.4, 0.5) is 0 Å². The Morgan fingerprint density at radius 1 is 0.667 bits per heavy atom. The average Bonchev–Trinajstić information content (AvgIpc) is 2.79. The minimum absolute atomic E-state index is 0.609. The Kier molecular flexibility index (Phi) is 3.62. The zero-order valence-electron chi connectivity index (χ0n) is 19.0. The van der Waals surface area contributed by atoms with Crippen molar-refractivity contribution < 1.29 is 0 Å². The molecule has 0 N–H and O–H groups in total. The Morgan fingerprint density at radius 2 is 1.33 bits per heavy atom. The Hall–Kier alpha value is -1.30. The standard InChI is InChI=1S/C30H38/c1-3-5-7-11-17-28-23-24-26(28)30(22-16-15-20-13-9-10-14-21(20)19-22)27(28)25(23)29(24,30)18-12-8-6-4-2/h9-10,13-16,19,23-27H,3-8,11-12,17-18H2,1-2H3. The summed E-state index contributed by atoms with van der Waals surface area (Å²) in [6.45, 7) is 4.70. The number of rotatable bonds is 11. The number of hydrogen-bond donors (Lipinski definition) is 0. The highest BCUT2D eigenvalue weighted by Crippen LogP contribution is 3.15. The van der Waals surface area contributed by atoms with E-state index in [9.17, 15) is 0 Å².